The molecule has 12 heteroatoms. The molecule has 6 rings (SSSR count). The molecule has 0 radical (unpaired) electrons. The minimum Gasteiger partial charge on any atom is -0.497 e. The van der Waals surface area contributed by atoms with Crippen LogP contribution in [-0.2, 0) is 0 Å². The van der Waals surface area contributed by atoms with Gasteiger partial charge in [-0.3, -0.25) is 0 Å². The van der Waals surface area contributed by atoms with E-state index in [1.54, 1.807) is 42.7 Å². The van der Waals surface area contributed by atoms with E-state index in [4.69, 9.17) is 28.4 Å². The summed E-state index contributed by atoms with van der Waals surface area (Å²) in [4.78, 5) is 0. The highest BCUT2D eigenvalue weighted by molar-refractivity contribution is 5.56. The van der Waals surface area contributed by atoms with Gasteiger partial charge in [0, 0.05) is 88.5 Å². The van der Waals surface area contributed by atoms with Gasteiger partial charge in [0.2, 0.25) is 0 Å². The van der Waals surface area contributed by atoms with Crippen LogP contribution in [0.4, 0.5) is 34.1 Å². The van der Waals surface area contributed by atoms with Crippen molar-refractivity contribution in [2.75, 3.05) is 117 Å². The van der Waals surface area contributed by atoms with Crippen LogP contribution in [0.3, 0.4) is 0 Å². The molecule has 0 aliphatic carbocycles. The number of rotatable bonds is 12. The van der Waals surface area contributed by atoms with Crippen molar-refractivity contribution >= 4 is 34.1 Å². The fourth-order valence-corrected chi connectivity index (χ4v) is 4.61. The third kappa shape index (κ3) is 21.4. The van der Waals surface area contributed by atoms with E-state index in [0.717, 1.165) is 68.6 Å². The largest absolute Gasteiger partial charge is 0.497 e. The van der Waals surface area contributed by atoms with Crippen LogP contribution >= 0.6 is 0 Å². The Morgan fingerprint density at radius 1 is 0.233 bits per heavy atom. The lowest BCUT2D eigenvalue weighted by molar-refractivity contribution is 0.394. The van der Waals surface area contributed by atoms with Gasteiger partial charge in [0.25, 0.3) is 0 Å². The van der Waals surface area contributed by atoms with Crippen molar-refractivity contribution in [1.29, 1.82) is 0 Å². The minimum absolute atomic E-state index is 0.819. The second-order valence-corrected chi connectivity index (χ2v) is 11.9. The number of methoxy groups -OCH3 is 6. The summed E-state index contributed by atoms with van der Waals surface area (Å²) in [6.07, 6.45) is 0. The summed E-state index contributed by atoms with van der Waals surface area (Å²) in [7, 11) is 21.3. The average Bonchev–Trinajstić information content (AvgIpc) is 3.34. The zero-order chi connectivity index (χ0) is 44.4. The van der Waals surface area contributed by atoms with Crippen LogP contribution in [0, 0.1) is 0 Å². The zero-order valence-corrected chi connectivity index (χ0v) is 37.3. The molecule has 0 saturated carbocycles. The molecule has 0 heterocycles. The molecular weight excluding hydrogens is 757 g/mol. The van der Waals surface area contributed by atoms with Gasteiger partial charge in [-0.05, 0) is 115 Å². The van der Waals surface area contributed by atoms with Crippen LogP contribution in [0.15, 0.2) is 146 Å². The number of ether oxygens (including phenoxy) is 6. The number of hydrogen-bond acceptors (Lipinski definition) is 12. The van der Waals surface area contributed by atoms with Crippen molar-refractivity contribution in [3.63, 3.8) is 0 Å². The van der Waals surface area contributed by atoms with Crippen LogP contribution in [0.5, 0.6) is 34.5 Å². The predicted octanol–water partition coefficient (Wildman–Crippen LogP) is 10.4. The van der Waals surface area contributed by atoms with Crippen molar-refractivity contribution in [2.45, 2.75) is 0 Å². The lowest BCUT2D eigenvalue weighted by Gasteiger charge is -2.02. The lowest BCUT2D eigenvalue weighted by atomic mass is 10.3. The maximum atomic E-state index is 5.02. The summed E-state index contributed by atoms with van der Waals surface area (Å²) in [5, 5.41) is 18.3. The zero-order valence-electron chi connectivity index (χ0n) is 37.3. The van der Waals surface area contributed by atoms with Crippen LogP contribution in [-0.4, -0.2) is 84.9 Å². The Labute approximate surface area is 358 Å². The number of hydrogen-bond donors (Lipinski definition) is 6. The molecule has 0 aliphatic heterocycles. The van der Waals surface area contributed by atoms with Gasteiger partial charge in [0.05, 0.1) is 42.7 Å². The van der Waals surface area contributed by atoms with Gasteiger partial charge in [0.1, 0.15) is 34.5 Å². The van der Waals surface area contributed by atoms with Gasteiger partial charge in [-0.2, -0.15) is 0 Å². The normalized spacial score (nSPS) is 9.00. The molecule has 12 nitrogen and oxygen atoms in total. The van der Waals surface area contributed by atoms with Crippen LogP contribution in [0.2, 0.25) is 0 Å². The van der Waals surface area contributed by atoms with E-state index < -0.39 is 0 Å². The van der Waals surface area contributed by atoms with Crippen molar-refractivity contribution < 1.29 is 28.4 Å². The summed E-state index contributed by atoms with van der Waals surface area (Å²) in [6.45, 7) is 0. The van der Waals surface area contributed by atoms with Gasteiger partial charge in [-0.1, -0.05) is 18.2 Å². The van der Waals surface area contributed by atoms with E-state index in [9.17, 15) is 0 Å². The average molecular weight is 823 g/mol. The fourth-order valence-electron chi connectivity index (χ4n) is 4.61. The van der Waals surface area contributed by atoms with E-state index in [2.05, 4.69) is 38.0 Å². The quantitative estimate of drug-likeness (QED) is 0.0703. The second-order valence-electron chi connectivity index (χ2n) is 11.9. The minimum atomic E-state index is 0.819. The first-order valence-electron chi connectivity index (χ1n) is 19.1. The van der Waals surface area contributed by atoms with Gasteiger partial charge >= 0.3 is 0 Å². The second kappa shape index (κ2) is 31.9. The summed E-state index contributed by atoms with van der Waals surface area (Å²) in [5.41, 5.74) is 6.71. The Kier molecular flexibility index (Phi) is 27.1. The first kappa shape index (κ1) is 50.9. The number of anilines is 6. The van der Waals surface area contributed by atoms with E-state index in [-0.39, 0.29) is 0 Å². The molecule has 0 bridgehead atoms. The molecule has 0 aliphatic rings. The van der Waals surface area contributed by atoms with Crippen LogP contribution < -0.4 is 60.3 Å². The van der Waals surface area contributed by atoms with Crippen molar-refractivity contribution in [3.05, 3.63) is 146 Å². The van der Waals surface area contributed by atoms with E-state index in [0.29, 0.717) is 0 Å². The van der Waals surface area contributed by atoms with Crippen molar-refractivity contribution in [3.8, 4) is 34.5 Å². The lowest BCUT2D eigenvalue weighted by Crippen LogP contribution is -1.90. The van der Waals surface area contributed by atoms with Gasteiger partial charge in [-0.15, -0.1) is 0 Å². The Bertz CT molecular complexity index is 1590. The van der Waals surface area contributed by atoms with Gasteiger partial charge < -0.3 is 60.3 Å². The third-order valence-electron chi connectivity index (χ3n) is 8.21. The molecule has 0 atom stereocenters. The molecule has 60 heavy (non-hydrogen) atoms. The summed E-state index contributed by atoms with van der Waals surface area (Å²) >= 11 is 0. The molecule has 6 aromatic rings. The highest BCUT2D eigenvalue weighted by atomic mass is 16.5. The van der Waals surface area contributed by atoms with Crippen LogP contribution in [0.1, 0.15) is 0 Å². The standard InChI is InChI=1S/2C8H12N2.2C8H11NO.2C8H10O2/c1-9-7-3-5-8(10-2)6-4-7;1-9-7-4-3-5-8(6-7)10-2;1-9-7-3-5-8(10-2)6-4-7;1-9-7-4-3-5-8(6-7)10-2;1-9-7-3-5-8(10-2)6-4-7;1-9-7-4-3-5-8(6-7)10-2/h2*3-6,9-10H,1-2H3;2*3-6,9H,1-2H3;2*3-6H,1-2H3. The maximum absolute atomic E-state index is 5.02. The van der Waals surface area contributed by atoms with Crippen LogP contribution in [0.25, 0.3) is 0 Å². The molecule has 0 amide bonds. The van der Waals surface area contributed by atoms with Gasteiger partial charge in [-0.25, -0.2) is 0 Å². The molecule has 324 valence electrons. The summed E-state index contributed by atoms with van der Waals surface area (Å²) in [5.74, 6) is 5.10. The fraction of sp³-hybridized carbons (Fsp3) is 0.250. The van der Waals surface area contributed by atoms with Crippen molar-refractivity contribution in [2.24, 2.45) is 0 Å². The monoisotopic (exact) mass is 823 g/mol. The highest BCUT2D eigenvalue weighted by Gasteiger charge is 1.94. The number of benzene rings is 6. The molecule has 0 unspecified atom stereocenters. The number of nitrogens with one attached hydrogen (secondary N) is 6. The summed E-state index contributed by atoms with van der Waals surface area (Å²) in [6, 6.07) is 46.8. The molecule has 0 spiro atoms. The Morgan fingerprint density at radius 3 is 0.767 bits per heavy atom. The third-order valence-corrected chi connectivity index (χ3v) is 8.21. The van der Waals surface area contributed by atoms with Crippen molar-refractivity contribution in [1.82, 2.24) is 0 Å². The Morgan fingerprint density at radius 2 is 0.467 bits per heavy atom. The summed E-state index contributed by atoms with van der Waals surface area (Å²) < 4.78 is 29.9. The van der Waals surface area contributed by atoms with E-state index in [1.165, 1.54) is 0 Å². The van der Waals surface area contributed by atoms with E-state index in [1.807, 2.05) is 182 Å². The molecule has 0 saturated heterocycles. The van der Waals surface area contributed by atoms with E-state index >= 15 is 0 Å². The predicted molar refractivity (Wildman–Crippen MR) is 255 cm³/mol. The first-order chi connectivity index (χ1) is 29.2. The molecule has 0 fully saturated rings. The molecule has 6 aromatic carbocycles. The van der Waals surface area contributed by atoms with Gasteiger partial charge in [0.15, 0.2) is 0 Å². The SMILES string of the molecule is CNc1ccc(NC)cc1.CNc1ccc(OC)cc1.CNc1cccc(NC)c1.CNc1cccc(OC)c1.COc1ccc(OC)cc1.COc1cccc(OC)c1. The molecule has 6 N–H and O–H groups in total. The first-order valence-corrected chi connectivity index (χ1v) is 19.1. The Hall–Kier alpha value is -7.08. The maximum Gasteiger partial charge on any atom is 0.122 e. The molecule has 0 aromatic heterocycles. The topological polar surface area (TPSA) is 128 Å². The molecular formula is C48H66N6O6. The Balaban J connectivity index is 0.000000360. The highest BCUT2D eigenvalue weighted by Crippen LogP contribution is 2.19. The smallest absolute Gasteiger partial charge is 0.122 e.